The lowest BCUT2D eigenvalue weighted by Crippen LogP contribution is -2.35. The summed E-state index contributed by atoms with van der Waals surface area (Å²) < 4.78 is 27.8. The number of hydrogen-bond acceptors (Lipinski definition) is 3. The van der Waals surface area contributed by atoms with E-state index >= 15 is 0 Å². The summed E-state index contributed by atoms with van der Waals surface area (Å²) >= 11 is 5.90. The third-order valence-corrected chi connectivity index (χ3v) is 7.52. The van der Waals surface area contributed by atoms with Gasteiger partial charge in [-0.05, 0) is 85.0 Å². The van der Waals surface area contributed by atoms with E-state index in [0.29, 0.717) is 35.7 Å². The van der Waals surface area contributed by atoms with E-state index in [2.05, 4.69) is 12.2 Å². The number of sulfonamides is 1. The zero-order chi connectivity index (χ0) is 22.0. The molecular weight excluding hydrogens is 432 g/mol. The fourth-order valence-corrected chi connectivity index (χ4v) is 5.38. The summed E-state index contributed by atoms with van der Waals surface area (Å²) in [5.41, 5.74) is 3.90. The molecule has 1 N–H and O–H groups in total. The molecule has 7 heteroatoms. The Kier molecular flexibility index (Phi) is 6.03. The van der Waals surface area contributed by atoms with Crippen molar-refractivity contribution in [2.75, 3.05) is 16.2 Å². The third-order valence-electron chi connectivity index (χ3n) is 5.44. The standard InChI is InChI=1S/C24H23ClN2O3S/c1-2-17-5-10-21(11-6-17)26-24(28)19-7-14-23-18(16-19)4-3-15-27(23)31(29,30)22-12-8-20(25)9-13-22/h5-14,16H,2-4,15H2,1H3,(H,26,28). The Morgan fingerprint density at radius 1 is 1.03 bits per heavy atom. The Labute approximate surface area is 187 Å². The summed E-state index contributed by atoms with van der Waals surface area (Å²) in [5, 5.41) is 3.39. The molecule has 3 aromatic rings. The van der Waals surface area contributed by atoms with Crippen molar-refractivity contribution in [2.24, 2.45) is 0 Å². The summed E-state index contributed by atoms with van der Waals surface area (Å²) in [6.07, 6.45) is 2.34. The van der Waals surface area contributed by atoms with Gasteiger partial charge in [0, 0.05) is 22.8 Å². The first-order chi connectivity index (χ1) is 14.9. The molecule has 1 aliphatic rings. The maximum absolute atomic E-state index is 13.2. The molecule has 0 saturated heterocycles. The normalized spacial score (nSPS) is 13.5. The van der Waals surface area contributed by atoms with Crippen LogP contribution in [0.1, 0.15) is 34.8 Å². The van der Waals surface area contributed by atoms with Crippen molar-refractivity contribution < 1.29 is 13.2 Å². The van der Waals surface area contributed by atoms with E-state index in [9.17, 15) is 13.2 Å². The van der Waals surface area contributed by atoms with Gasteiger partial charge in [0.1, 0.15) is 0 Å². The zero-order valence-electron chi connectivity index (χ0n) is 17.1. The highest BCUT2D eigenvalue weighted by Gasteiger charge is 2.29. The number of halogens is 1. The predicted octanol–water partition coefficient (Wildman–Crippen LogP) is 5.30. The molecule has 0 spiro atoms. The van der Waals surface area contributed by atoms with Crippen molar-refractivity contribution in [1.82, 2.24) is 0 Å². The molecular formula is C24H23ClN2O3S. The largest absolute Gasteiger partial charge is 0.322 e. The first-order valence-electron chi connectivity index (χ1n) is 10.2. The zero-order valence-corrected chi connectivity index (χ0v) is 18.7. The minimum atomic E-state index is -3.71. The highest BCUT2D eigenvalue weighted by atomic mass is 35.5. The molecule has 3 aromatic carbocycles. The highest BCUT2D eigenvalue weighted by Crippen LogP contribution is 2.33. The van der Waals surface area contributed by atoms with Crippen LogP contribution in [0.5, 0.6) is 0 Å². The minimum absolute atomic E-state index is 0.196. The summed E-state index contributed by atoms with van der Waals surface area (Å²) in [6, 6.07) is 19.1. The van der Waals surface area contributed by atoms with Crippen LogP contribution in [0, 0.1) is 0 Å². The van der Waals surface area contributed by atoms with Gasteiger partial charge in [0.2, 0.25) is 0 Å². The monoisotopic (exact) mass is 454 g/mol. The molecule has 0 atom stereocenters. The lowest BCUT2D eigenvalue weighted by molar-refractivity contribution is 0.102. The van der Waals surface area contributed by atoms with Crippen LogP contribution in [0.15, 0.2) is 71.6 Å². The molecule has 0 radical (unpaired) electrons. The van der Waals surface area contributed by atoms with Gasteiger partial charge in [-0.1, -0.05) is 30.7 Å². The summed E-state index contributed by atoms with van der Waals surface area (Å²) in [6.45, 7) is 2.48. The van der Waals surface area contributed by atoms with E-state index in [1.807, 2.05) is 24.3 Å². The molecule has 0 saturated carbocycles. The number of fused-ring (bicyclic) bond motifs is 1. The highest BCUT2D eigenvalue weighted by molar-refractivity contribution is 7.92. The van der Waals surface area contributed by atoms with Crippen molar-refractivity contribution in [3.63, 3.8) is 0 Å². The quantitative estimate of drug-likeness (QED) is 0.569. The second-order valence-electron chi connectivity index (χ2n) is 7.48. The van der Waals surface area contributed by atoms with Gasteiger partial charge in [0.25, 0.3) is 15.9 Å². The van der Waals surface area contributed by atoms with Gasteiger partial charge in [-0.2, -0.15) is 0 Å². The molecule has 31 heavy (non-hydrogen) atoms. The lowest BCUT2D eigenvalue weighted by Gasteiger charge is -2.30. The van der Waals surface area contributed by atoms with Crippen LogP contribution in [0.3, 0.4) is 0 Å². The van der Waals surface area contributed by atoms with Gasteiger partial charge in [-0.3, -0.25) is 9.10 Å². The fraction of sp³-hybridized carbons (Fsp3) is 0.208. The second kappa shape index (κ2) is 8.73. The number of aryl methyl sites for hydroxylation is 2. The Balaban J connectivity index is 1.59. The van der Waals surface area contributed by atoms with E-state index in [1.165, 1.54) is 22.0 Å². The first kappa shape index (κ1) is 21.4. The Hall–Kier alpha value is -2.83. The van der Waals surface area contributed by atoms with Crippen LogP contribution in [0.4, 0.5) is 11.4 Å². The van der Waals surface area contributed by atoms with Crippen molar-refractivity contribution in [2.45, 2.75) is 31.1 Å². The molecule has 4 rings (SSSR count). The van der Waals surface area contributed by atoms with Gasteiger partial charge in [-0.25, -0.2) is 8.42 Å². The number of carbonyl (C=O) groups excluding carboxylic acids is 1. The van der Waals surface area contributed by atoms with E-state index in [0.717, 1.165) is 17.7 Å². The van der Waals surface area contributed by atoms with Gasteiger partial charge >= 0.3 is 0 Å². The lowest BCUT2D eigenvalue weighted by atomic mass is 10.0. The molecule has 1 heterocycles. The number of nitrogens with zero attached hydrogens (tertiary/aromatic N) is 1. The van der Waals surface area contributed by atoms with E-state index < -0.39 is 10.0 Å². The fourth-order valence-electron chi connectivity index (χ4n) is 3.71. The molecule has 0 bridgehead atoms. The number of rotatable bonds is 5. The predicted molar refractivity (Wildman–Crippen MR) is 125 cm³/mol. The first-order valence-corrected chi connectivity index (χ1v) is 12.0. The molecule has 1 amide bonds. The van der Waals surface area contributed by atoms with Crippen LogP contribution in [0.25, 0.3) is 0 Å². The van der Waals surface area contributed by atoms with Crippen LogP contribution >= 0.6 is 11.6 Å². The number of anilines is 2. The summed E-state index contributed by atoms with van der Waals surface area (Å²) in [4.78, 5) is 12.9. The SMILES string of the molecule is CCc1ccc(NC(=O)c2ccc3c(c2)CCCN3S(=O)(=O)c2ccc(Cl)cc2)cc1. The molecule has 0 aliphatic carbocycles. The number of benzene rings is 3. The molecule has 160 valence electrons. The van der Waals surface area contributed by atoms with Crippen molar-refractivity contribution in [3.05, 3.63) is 88.4 Å². The van der Waals surface area contributed by atoms with Crippen molar-refractivity contribution in [1.29, 1.82) is 0 Å². The van der Waals surface area contributed by atoms with Crippen LogP contribution in [-0.2, 0) is 22.9 Å². The molecule has 0 fully saturated rings. The number of nitrogens with one attached hydrogen (secondary N) is 1. The maximum atomic E-state index is 13.2. The van der Waals surface area contributed by atoms with E-state index in [-0.39, 0.29) is 10.8 Å². The van der Waals surface area contributed by atoms with Crippen LogP contribution in [0.2, 0.25) is 5.02 Å². The summed E-state index contributed by atoms with van der Waals surface area (Å²) in [7, 11) is -3.71. The third kappa shape index (κ3) is 4.45. The van der Waals surface area contributed by atoms with Gasteiger partial charge < -0.3 is 5.32 Å². The molecule has 0 unspecified atom stereocenters. The average molecular weight is 455 g/mol. The number of hydrogen-bond donors (Lipinski definition) is 1. The van der Waals surface area contributed by atoms with Crippen molar-refractivity contribution in [3.8, 4) is 0 Å². The molecule has 5 nitrogen and oxygen atoms in total. The van der Waals surface area contributed by atoms with Gasteiger partial charge in [-0.15, -0.1) is 0 Å². The Morgan fingerprint density at radius 3 is 2.42 bits per heavy atom. The number of amides is 1. The summed E-state index contributed by atoms with van der Waals surface area (Å²) in [5.74, 6) is -0.218. The second-order valence-corrected chi connectivity index (χ2v) is 9.78. The topological polar surface area (TPSA) is 66.5 Å². The average Bonchev–Trinajstić information content (AvgIpc) is 2.79. The Morgan fingerprint density at radius 2 is 1.74 bits per heavy atom. The number of carbonyl (C=O) groups is 1. The maximum Gasteiger partial charge on any atom is 0.264 e. The Bertz CT molecular complexity index is 1210. The van der Waals surface area contributed by atoms with Crippen LogP contribution in [-0.4, -0.2) is 20.9 Å². The van der Waals surface area contributed by atoms with E-state index in [1.54, 1.807) is 30.3 Å². The van der Waals surface area contributed by atoms with E-state index in [4.69, 9.17) is 11.6 Å². The van der Waals surface area contributed by atoms with Crippen LogP contribution < -0.4 is 9.62 Å². The molecule has 0 aromatic heterocycles. The minimum Gasteiger partial charge on any atom is -0.322 e. The smallest absolute Gasteiger partial charge is 0.264 e. The van der Waals surface area contributed by atoms with Crippen molar-refractivity contribution >= 4 is 38.9 Å². The van der Waals surface area contributed by atoms with Gasteiger partial charge in [0.15, 0.2) is 0 Å². The molecule has 1 aliphatic heterocycles. The van der Waals surface area contributed by atoms with Gasteiger partial charge in [0.05, 0.1) is 10.6 Å².